The second-order valence-electron chi connectivity index (χ2n) is 6.46. The van der Waals surface area contributed by atoms with Gasteiger partial charge in [-0.05, 0) is 19.3 Å². The quantitative estimate of drug-likeness (QED) is 0.564. The highest BCUT2D eigenvalue weighted by molar-refractivity contribution is 6.43. The molecular weight excluding hydrogens is 354 g/mol. The van der Waals surface area contributed by atoms with Crippen LogP contribution in [0.5, 0.6) is 0 Å². The summed E-state index contributed by atoms with van der Waals surface area (Å²) in [5, 5.41) is 13.9. The van der Waals surface area contributed by atoms with E-state index >= 15 is 0 Å². The number of hydrogen-bond donors (Lipinski definition) is 2. The van der Waals surface area contributed by atoms with Crippen LogP contribution in [-0.4, -0.2) is 63.2 Å². The van der Waals surface area contributed by atoms with Crippen LogP contribution in [0.2, 0.25) is 0 Å². The summed E-state index contributed by atoms with van der Waals surface area (Å²) in [7, 11) is 0. The minimum atomic E-state index is -1.21. The molecule has 0 spiro atoms. The lowest BCUT2D eigenvalue weighted by Gasteiger charge is -2.41. The predicted molar refractivity (Wildman–Crippen MR) is 91.2 cm³/mol. The smallest absolute Gasteiger partial charge is 0.328 e. The second-order valence-corrected chi connectivity index (χ2v) is 6.46. The first kappa shape index (κ1) is 18.6. The van der Waals surface area contributed by atoms with Gasteiger partial charge in [0, 0.05) is 18.5 Å². The average Bonchev–Trinajstić information content (AvgIpc) is 2.80. The Bertz CT molecular complexity index is 794. The van der Waals surface area contributed by atoms with E-state index in [0.717, 1.165) is 10.0 Å². The zero-order chi connectivity index (χ0) is 19.6. The van der Waals surface area contributed by atoms with E-state index in [4.69, 9.17) is 0 Å². The van der Waals surface area contributed by atoms with Crippen LogP contribution in [0.25, 0.3) is 0 Å². The van der Waals surface area contributed by atoms with Gasteiger partial charge in [-0.15, -0.1) is 0 Å². The normalized spacial score (nSPS) is 22.7. The topological polar surface area (TPSA) is 124 Å². The molecule has 0 bridgehead atoms. The van der Waals surface area contributed by atoms with Crippen molar-refractivity contribution in [1.29, 1.82) is 0 Å². The van der Waals surface area contributed by atoms with Gasteiger partial charge in [0.25, 0.3) is 11.8 Å². The van der Waals surface area contributed by atoms with Gasteiger partial charge in [-0.1, -0.05) is 30.3 Å². The van der Waals surface area contributed by atoms with Gasteiger partial charge in [-0.2, -0.15) is 0 Å². The third kappa shape index (κ3) is 3.67. The van der Waals surface area contributed by atoms with Crippen molar-refractivity contribution >= 4 is 29.5 Å². The van der Waals surface area contributed by atoms with E-state index in [-0.39, 0.29) is 37.3 Å². The molecule has 0 aliphatic carbocycles. The minimum Gasteiger partial charge on any atom is -0.480 e. The van der Waals surface area contributed by atoms with E-state index in [1.54, 1.807) is 18.2 Å². The van der Waals surface area contributed by atoms with Gasteiger partial charge in [0.15, 0.2) is 6.04 Å². The van der Waals surface area contributed by atoms with Crippen molar-refractivity contribution in [2.24, 2.45) is 0 Å². The van der Waals surface area contributed by atoms with Crippen LogP contribution in [-0.2, 0) is 19.2 Å². The highest BCUT2D eigenvalue weighted by atomic mass is 16.4. The van der Waals surface area contributed by atoms with Crippen molar-refractivity contribution in [3.05, 3.63) is 35.9 Å². The van der Waals surface area contributed by atoms with Crippen LogP contribution in [0.15, 0.2) is 30.3 Å². The molecule has 0 saturated carbocycles. The van der Waals surface area contributed by atoms with Crippen LogP contribution in [0.1, 0.15) is 36.0 Å². The number of carbonyl (C=O) groups is 5. The number of carboxylic acid groups (broad SMARTS) is 1. The molecule has 142 valence electrons. The number of aliphatic carboxylic acids is 1. The fourth-order valence-electron chi connectivity index (χ4n) is 3.34. The lowest BCUT2D eigenvalue weighted by Crippen LogP contribution is -2.62. The van der Waals surface area contributed by atoms with E-state index in [1.807, 2.05) is 0 Å². The number of benzene rings is 1. The second kappa shape index (κ2) is 7.56. The Morgan fingerprint density at radius 3 is 2.44 bits per heavy atom. The zero-order valence-electron chi connectivity index (χ0n) is 14.5. The van der Waals surface area contributed by atoms with Gasteiger partial charge >= 0.3 is 5.97 Å². The number of nitrogens with zero attached hydrogens (tertiary/aromatic N) is 2. The molecular formula is C18H19N3O6. The molecule has 2 aliphatic heterocycles. The Hall–Kier alpha value is -3.23. The molecule has 27 heavy (non-hydrogen) atoms. The number of ketones is 1. The number of carbonyl (C=O) groups excluding carboxylic acids is 4. The van der Waals surface area contributed by atoms with Gasteiger partial charge in [0.1, 0.15) is 6.04 Å². The third-order valence-electron chi connectivity index (χ3n) is 4.69. The molecule has 3 rings (SSSR count). The number of fused-ring (bicyclic) bond motifs is 1. The molecule has 0 radical (unpaired) electrons. The first-order valence-corrected chi connectivity index (χ1v) is 8.66. The Balaban J connectivity index is 1.80. The molecule has 9 nitrogen and oxygen atoms in total. The van der Waals surface area contributed by atoms with Crippen molar-refractivity contribution in [1.82, 2.24) is 15.3 Å². The molecule has 0 unspecified atom stereocenters. The summed E-state index contributed by atoms with van der Waals surface area (Å²) in [5.41, 5.74) is 0.176. The first-order valence-electron chi connectivity index (χ1n) is 8.66. The lowest BCUT2D eigenvalue weighted by atomic mass is 10.1. The van der Waals surface area contributed by atoms with Crippen LogP contribution in [0.3, 0.4) is 0 Å². The molecule has 9 heteroatoms. The predicted octanol–water partition coefficient (Wildman–Crippen LogP) is -0.0329. The monoisotopic (exact) mass is 373 g/mol. The maximum atomic E-state index is 12.9. The SMILES string of the molecule is O=C(N[C@H]1CCC(=O)N2CCC[C@@H](C(=O)O)N2C1=O)C(=O)c1ccccc1. The number of hydrazine groups is 1. The van der Waals surface area contributed by atoms with Gasteiger partial charge < -0.3 is 10.4 Å². The van der Waals surface area contributed by atoms with Gasteiger partial charge in [0.2, 0.25) is 11.7 Å². The number of rotatable bonds is 4. The molecule has 1 aromatic rings. The standard InChI is InChI=1S/C18H19N3O6/c22-14-9-8-12(19-16(24)15(23)11-5-2-1-3-6-11)17(25)21-13(18(26)27)7-4-10-20(14)21/h1-3,5-6,12-13H,4,7-10H2,(H,19,24)(H,26,27)/t12-,13-/m0/s1. The van der Waals surface area contributed by atoms with E-state index in [1.165, 1.54) is 12.1 Å². The van der Waals surface area contributed by atoms with Crippen LogP contribution in [0, 0.1) is 0 Å². The number of carboxylic acids is 1. The summed E-state index contributed by atoms with van der Waals surface area (Å²) >= 11 is 0. The van der Waals surface area contributed by atoms with Crippen molar-refractivity contribution in [2.45, 2.75) is 37.8 Å². The molecule has 2 N–H and O–H groups in total. The Labute approximate surface area is 154 Å². The number of amides is 3. The summed E-state index contributed by atoms with van der Waals surface area (Å²) in [6.07, 6.45) is 0.661. The molecule has 2 aliphatic rings. The van der Waals surface area contributed by atoms with Gasteiger partial charge in [0.05, 0.1) is 0 Å². The Morgan fingerprint density at radius 2 is 1.78 bits per heavy atom. The molecule has 1 aromatic carbocycles. The van der Waals surface area contributed by atoms with E-state index in [9.17, 15) is 29.1 Å². The first-order chi connectivity index (χ1) is 12.9. The molecule has 2 saturated heterocycles. The van der Waals surface area contributed by atoms with Crippen molar-refractivity contribution in [3.8, 4) is 0 Å². The van der Waals surface area contributed by atoms with Crippen molar-refractivity contribution in [3.63, 3.8) is 0 Å². The van der Waals surface area contributed by atoms with E-state index < -0.39 is 35.7 Å². The zero-order valence-corrected chi connectivity index (χ0v) is 14.5. The average molecular weight is 373 g/mol. The maximum Gasteiger partial charge on any atom is 0.328 e. The number of Topliss-reactive ketones (excluding diaryl/α,β-unsaturated/α-hetero) is 1. The molecule has 0 aromatic heterocycles. The largest absolute Gasteiger partial charge is 0.480 e. The van der Waals surface area contributed by atoms with E-state index in [0.29, 0.717) is 6.42 Å². The summed E-state index contributed by atoms with van der Waals surface area (Å²) in [5.74, 6) is -4.05. The van der Waals surface area contributed by atoms with Crippen LogP contribution < -0.4 is 5.32 Å². The molecule has 3 amide bonds. The summed E-state index contributed by atoms with van der Waals surface area (Å²) in [6, 6.07) is 5.57. The van der Waals surface area contributed by atoms with E-state index in [2.05, 4.69) is 5.32 Å². The fraction of sp³-hybridized carbons (Fsp3) is 0.389. The number of hydrogen-bond acceptors (Lipinski definition) is 5. The molecule has 2 heterocycles. The molecule has 2 atom stereocenters. The maximum absolute atomic E-state index is 12.9. The molecule has 2 fully saturated rings. The summed E-state index contributed by atoms with van der Waals surface area (Å²) in [4.78, 5) is 61.2. The lowest BCUT2D eigenvalue weighted by molar-refractivity contribution is -0.180. The van der Waals surface area contributed by atoms with Crippen LogP contribution in [0.4, 0.5) is 0 Å². The van der Waals surface area contributed by atoms with Gasteiger partial charge in [-0.3, -0.25) is 24.2 Å². The number of nitrogens with one attached hydrogen (secondary N) is 1. The highest BCUT2D eigenvalue weighted by Crippen LogP contribution is 2.24. The highest BCUT2D eigenvalue weighted by Gasteiger charge is 2.44. The van der Waals surface area contributed by atoms with Crippen LogP contribution >= 0.6 is 0 Å². The third-order valence-corrected chi connectivity index (χ3v) is 4.69. The Kier molecular flexibility index (Phi) is 5.20. The fourth-order valence-corrected chi connectivity index (χ4v) is 3.34. The Morgan fingerprint density at radius 1 is 1.07 bits per heavy atom. The summed E-state index contributed by atoms with van der Waals surface area (Å²) in [6.45, 7) is 0.248. The minimum absolute atomic E-state index is 0.00478. The van der Waals surface area contributed by atoms with Crippen molar-refractivity contribution in [2.75, 3.05) is 6.54 Å². The van der Waals surface area contributed by atoms with Gasteiger partial charge in [-0.25, -0.2) is 9.80 Å². The van der Waals surface area contributed by atoms with Crippen molar-refractivity contribution < 1.29 is 29.1 Å². The summed E-state index contributed by atoms with van der Waals surface area (Å²) < 4.78 is 0.